The highest BCUT2D eigenvalue weighted by atomic mass is 35.5. The van der Waals surface area contributed by atoms with Crippen LogP contribution in [0.1, 0.15) is 33.3 Å². The lowest BCUT2D eigenvalue weighted by Gasteiger charge is -2.28. The standard InChI is InChI=1S/C15H23Cl2N/c1-5-18-11(4)14(10(2)3)8-12-6-7-13(16)9-15(12)17/h6-7,9-11,14,18H,5,8H2,1-4H3. The van der Waals surface area contributed by atoms with Crippen LogP contribution >= 0.6 is 23.2 Å². The molecule has 0 aromatic heterocycles. The maximum atomic E-state index is 6.26. The van der Waals surface area contributed by atoms with E-state index in [0.717, 1.165) is 18.0 Å². The Labute approximate surface area is 121 Å². The molecule has 2 atom stereocenters. The molecule has 0 aliphatic rings. The molecule has 102 valence electrons. The molecular formula is C15H23Cl2N. The summed E-state index contributed by atoms with van der Waals surface area (Å²) in [6, 6.07) is 6.27. The van der Waals surface area contributed by atoms with Gasteiger partial charge in [-0.25, -0.2) is 0 Å². The van der Waals surface area contributed by atoms with Gasteiger partial charge in [-0.1, -0.05) is 50.0 Å². The minimum absolute atomic E-state index is 0.488. The topological polar surface area (TPSA) is 12.0 Å². The smallest absolute Gasteiger partial charge is 0.0452 e. The average molecular weight is 288 g/mol. The molecule has 0 saturated carbocycles. The summed E-state index contributed by atoms with van der Waals surface area (Å²) < 4.78 is 0. The van der Waals surface area contributed by atoms with Crippen molar-refractivity contribution in [2.75, 3.05) is 6.54 Å². The van der Waals surface area contributed by atoms with E-state index in [0.29, 0.717) is 22.9 Å². The highest BCUT2D eigenvalue weighted by molar-refractivity contribution is 6.35. The first kappa shape index (κ1) is 15.8. The van der Waals surface area contributed by atoms with Crippen LogP contribution in [0.3, 0.4) is 0 Å². The van der Waals surface area contributed by atoms with Crippen LogP contribution in [0.15, 0.2) is 18.2 Å². The third-order valence-electron chi connectivity index (χ3n) is 3.50. The van der Waals surface area contributed by atoms with Gasteiger partial charge in [0, 0.05) is 16.1 Å². The third kappa shape index (κ3) is 4.46. The quantitative estimate of drug-likeness (QED) is 0.792. The zero-order valence-corrected chi connectivity index (χ0v) is 13.1. The summed E-state index contributed by atoms with van der Waals surface area (Å²) in [5.41, 5.74) is 1.18. The van der Waals surface area contributed by atoms with Crippen LogP contribution < -0.4 is 5.32 Å². The van der Waals surface area contributed by atoms with E-state index >= 15 is 0 Å². The fraction of sp³-hybridized carbons (Fsp3) is 0.600. The van der Waals surface area contributed by atoms with Crippen molar-refractivity contribution in [1.29, 1.82) is 0 Å². The lowest BCUT2D eigenvalue weighted by atomic mass is 9.84. The van der Waals surface area contributed by atoms with Gasteiger partial charge in [-0.05, 0) is 49.4 Å². The van der Waals surface area contributed by atoms with Crippen molar-refractivity contribution in [3.8, 4) is 0 Å². The zero-order chi connectivity index (χ0) is 13.7. The maximum Gasteiger partial charge on any atom is 0.0452 e. The van der Waals surface area contributed by atoms with Crippen molar-refractivity contribution in [3.05, 3.63) is 33.8 Å². The molecule has 0 aliphatic carbocycles. The third-order valence-corrected chi connectivity index (χ3v) is 4.08. The largest absolute Gasteiger partial charge is 0.314 e. The van der Waals surface area contributed by atoms with Crippen molar-refractivity contribution in [3.63, 3.8) is 0 Å². The Morgan fingerprint density at radius 2 is 1.83 bits per heavy atom. The minimum atomic E-state index is 0.488. The van der Waals surface area contributed by atoms with Gasteiger partial charge in [0.25, 0.3) is 0 Å². The molecule has 0 saturated heterocycles. The van der Waals surface area contributed by atoms with Gasteiger partial charge < -0.3 is 5.32 Å². The second-order valence-corrected chi connectivity index (χ2v) is 6.04. The van der Waals surface area contributed by atoms with Crippen molar-refractivity contribution >= 4 is 23.2 Å². The van der Waals surface area contributed by atoms with Crippen LogP contribution in [0, 0.1) is 11.8 Å². The molecule has 1 N–H and O–H groups in total. The van der Waals surface area contributed by atoms with Gasteiger partial charge in [-0.3, -0.25) is 0 Å². The molecule has 2 unspecified atom stereocenters. The summed E-state index contributed by atoms with van der Waals surface area (Å²) in [6.07, 6.45) is 0.988. The first-order valence-corrected chi connectivity index (χ1v) is 7.38. The molecule has 0 bridgehead atoms. The lowest BCUT2D eigenvalue weighted by Crippen LogP contribution is -2.37. The van der Waals surface area contributed by atoms with Crippen molar-refractivity contribution in [2.24, 2.45) is 11.8 Å². The van der Waals surface area contributed by atoms with Crippen molar-refractivity contribution < 1.29 is 0 Å². The number of rotatable bonds is 6. The van der Waals surface area contributed by atoms with E-state index in [1.807, 2.05) is 18.2 Å². The molecule has 0 heterocycles. The summed E-state index contributed by atoms with van der Waals surface area (Å²) in [5.74, 6) is 1.19. The Morgan fingerprint density at radius 1 is 1.17 bits per heavy atom. The fourth-order valence-corrected chi connectivity index (χ4v) is 2.89. The monoisotopic (exact) mass is 287 g/mol. The van der Waals surface area contributed by atoms with Crippen LogP contribution in [-0.4, -0.2) is 12.6 Å². The van der Waals surface area contributed by atoms with E-state index in [1.165, 1.54) is 5.56 Å². The van der Waals surface area contributed by atoms with Crippen LogP contribution in [0.4, 0.5) is 0 Å². The Bertz CT molecular complexity index is 377. The van der Waals surface area contributed by atoms with E-state index in [1.54, 1.807) is 0 Å². The molecular weight excluding hydrogens is 265 g/mol. The average Bonchev–Trinajstić information content (AvgIpc) is 2.27. The Kier molecular flexibility index (Phi) is 6.48. The highest BCUT2D eigenvalue weighted by Crippen LogP contribution is 2.27. The second-order valence-electron chi connectivity index (χ2n) is 5.19. The molecule has 3 heteroatoms. The van der Waals surface area contributed by atoms with E-state index in [2.05, 4.69) is 33.0 Å². The van der Waals surface area contributed by atoms with Gasteiger partial charge in [0.15, 0.2) is 0 Å². The molecule has 1 rings (SSSR count). The van der Waals surface area contributed by atoms with Gasteiger partial charge >= 0.3 is 0 Å². The number of benzene rings is 1. The fourth-order valence-electron chi connectivity index (χ4n) is 2.40. The van der Waals surface area contributed by atoms with Gasteiger partial charge in [0.05, 0.1) is 0 Å². The van der Waals surface area contributed by atoms with Gasteiger partial charge in [0.1, 0.15) is 0 Å². The van der Waals surface area contributed by atoms with Gasteiger partial charge in [0.2, 0.25) is 0 Å². The Balaban J connectivity index is 2.83. The molecule has 18 heavy (non-hydrogen) atoms. The van der Waals surface area contributed by atoms with E-state index in [-0.39, 0.29) is 0 Å². The van der Waals surface area contributed by atoms with E-state index < -0.39 is 0 Å². The number of halogens is 2. The van der Waals surface area contributed by atoms with Crippen LogP contribution in [0.5, 0.6) is 0 Å². The van der Waals surface area contributed by atoms with Crippen LogP contribution in [0.25, 0.3) is 0 Å². The SMILES string of the molecule is CCNC(C)C(Cc1ccc(Cl)cc1Cl)C(C)C. The summed E-state index contributed by atoms with van der Waals surface area (Å²) in [7, 11) is 0. The summed E-state index contributed by atoms with van der Waals surface area (Å²) in [4.78, 5) is 0. The Morgan fingerprint density at radius 3 is 2.33 bits per heavy atom. The molecule has 0 spiro atoms. The van der Waals surface area contributed by atoms with E-state index in [9.17, 15) is 0 Å². The molecule has 1 aromatic rings. The minimum Gasteiger partial charge on any atom is -0.314 e. The highest BCUT2D eigenvalue weighted by Gasteiger charge is 2.21. The second kappa shape index (κ2) is 7.37. The first-order chi connectivity index (χ1) is 8.45. The van der Waals surface area contributed by atoms with E-state index in [4.69, 9.17) is 23.2 Å². The Hall–Kier alpha value is -0.240. The molecule has 0 fully saturated rings. The molecule has 0 amide bonds. The van der Waals surface area contributed by atoms with Gasteiger partial charge in [-0.2, -0.15) is 0 Å². The summed E-state index contributed by atoms with van der Waals surface area (Å²) in [6.45, 7) is 9.92. The number of nitrogens with one attached hydrogen (secondary N) is 1. The summed E-state index contributed by atoms with van der Waals surface area (Å²) >= 11 is 12.2. The maximum absolute atomic E-state index is 6.26. The lowest BCUT2D eigenvalue weighted by molar-refractivity contribution is 0.292. The van der Waals surface area contributed by atoms with Crippen molar-refractivity contribution in [2.45, 2.75) is 40.2 Å². The molecule has 0 radical (unpaired) electrons. The molecule has 0 aliphatic heterocycles. The summed E-state index contributed by atoms with van der Waals surface area (Å²) in [5, 5.41) is 4.98. The predicted octanol–water partition coefficient (Wildman–Crippen LogP) is 4.81. The first-order valence-electron chi connectivity index (χ1n) is 6.63. The number of hydrogen-bond acceptors (Lipinski definition) is 1. The zero-order valence-electron chi connectivity index (χ0n) is 11.6. The number of hydrogen-bond donors (Lipinski definition) is 1. The van der Waals surface area contributed by atoms with Crippen LogP contribution in [-0.2, 0) is 6.42 Å². The molecule has 1 aromatic carbocycles. The van der Waals surface area contributed by atoms with Gasteiger partial charge in [-0.15, -0.1) is 0 Å². The predicted molar refractivity (Wildman–Crippen MR) is 81.6 cm³/mol. The normalized spacial score (nSPS) is 14.8. The van der Waals surface area contributed by atoms with Crippen LogP contribution in [0.2, 0.25) is 10.0 Å². The van der Waals surface area contributed by atoms with Crippen molar-refractivity contribution in [1.82, 2.24) is 5.32 Å². The molecule has 1 nitrogen and oxygen atoms in total.